The van der Waals surface area contributed by atoms with Crippen LogP contribution in [0.3, 0.4) is 0 Å². The largest absolute Gasteiger partial charge is 0.507 e. The minimum absolute atomic E-state index is 0.0849. The summed E-state index contributed by atoms with van der Waals surface area (Å²) in [6.07, 6.45) is -1.44. The second-order valence-electron chi connectivity index (χ2n) is 3.60. The fraction of sp³-hybridized carbons (Fsp3) is 0.273. The summed E-state index contributed by atoms with van der Waals surface area (Å²) < 4.78 is 0. The molecule has 1 aromatic carbocycles. The van der Waals surface area contributed by atoms with Crippen LogP contribution >= 0.6 is 0 Å². The molecule has 1 atom stereocenters. The highest BCUT2D eigenvalue weighted by Crippen LogP contribution is 2.20. The monoisotopic (exact) mass is 238 g/mol. The van der Waals surface area contributed by atoms with E-state index in [0.29, 0.717) is 5.56 Å². The highest BCUT2D eigenvalue weighted by atomic mass is 16.3. The molecule has 1 rings (SSSR count). The van der Waals surface area contributed by atoms with Crippen molar-refractivity contribution >= 4 is 11.8 Å². The van der Waals surface area contributed by atoms with E-state index in [-0.39, 0.29) is 17.9 Å². The van der Waals surface area contributed by atoms with Crippen LogP contribution in [-0.2, 0) is 4.79 Å². The Kier molecular flexibility index (Phi) is 4.06. The fourth-order valence-electron chi connectivity index (χ4n) is 1.23. The molecule has 0 aromatic heterocycles. The fourth-order valence-corrected chi connectivity index (χ4v) is 1.23. The number of phenols is 1. The maximum absolute atomic E-state index is 11.6. The smallest absolute Gasteiger partial charge is 0.255 e. The van der Waals surface area contributed by atoms with Gasteiger partial charge in [-0.1, -0.05) is 12.1 Å². The van der Waals surface area contributed by atoms with Gasteiger partial charge in [-0.3, -0.25) is 9.59 Å². The highest BCUT2D eigenvalue weighted by Gasteiger charge is 2.15. The van der Waals surface area contributed by atoms with Crippen LogP contribution in [0, 0.1) is 6.92 Å². The lowest BCUT2D eigenvalue weighted by Gasteiger charge is -2.10. The van der Waals surface area contributed by atoms with E-state index in [1.54, 1.807) is 19.1 Å². The molecular weight excluding hydrogens is 224 g/mol. The molecule has 0 bridgehead atoms. The van der Waals surface area contributed by atoms with Crippen molar-refractivity contribution in [1.29, 1.82) is 0 Å². The Morgan fingerprint density at radius 2 is 2.12 bits per heavy atom. The number of hydrogen-bond donors (Lipinski definition) is 4. The summed E-state index contributed by atoms with van der Waals surface area (Å²) in [5.41, 5.74) is 5.47. The third-order valence-corrected chi connectivity index (χ3v) is 2.27. The quantitative estimate of drug-likeness (QED) is 0.554. The number of amides is 2. The molecule has 0 heterocycles. The topological polar surface area (TPSA) is 113 Å². The first-order valence-electron chi connectivity index (χ1n) is 4.97. The molecule has 6 heteroatoms. The van der Waals surface area contributed by atoms with E-state index in [2.05, 4.69) is 5.32 Å². The van der Waals surface area contributed by atoms with Gasteiger partial charge in [-0.15, -0.1) is 0 Å². The van der Waals surface area contributed by atoms with Crippen LogP contribution in [0.5, 0.6) is 5.75 Å². The maximum Gasteiger partial charge on any atom is 0.255 e. The predicted molar refractivity (Wildman–Crippen MR) is 60.4 cm³/mol. The molecule has 17 heavy (non-hydrogen) atoms. The number of nitrogens with one attached hydrogen (secondary N) is 1. The van der Waals surface area contributed by atoms with Crippen LogP contribution in [0.4, 0.5) is 0 Å². The number of para-hydroxylation sites is 1. The van der Waals surface area contributed by atoms with Gasteiger partial charge in [0.15, 0.2) is 0 Å². The third-order valence-electron chi connectivity index (χ3n) is 2.27. The third kappa shape index (κ3) is 3.18. The Morgan fingerprint density at radius 1 is 1.47 bits per heavy atom. The molecule has 0 saturated heterocycles. The number of nitrogens with two attached hydrogens (primary N) is 1. The molecule has 5 N–H and O–H groups in total. The molecule has 6 nitrogen and oxygen atoms in total. The zero-order valence-electron chi connectivity index (χ0n) is 9.30. The van der Waals surface area contributed by atoms with Gasteiger partial charge in [-0.2, -0.15) is 0 Å². The van der Waals surface area contributed by atoms with E-state index in [1.807, 2.05) is 0 Å². The molecule has 0 radical (unpaired) electrons. The summed E-state index contributed by atoms with van der Waals surface area (Å²) in [4.78, 5) is 22.2. The maximum atomic E-state index is 11.6. The molecule has 2 amide bonds. The first-order chi connectivity index (χ1) is 7.93. The van der Waals surface area contributed by atoms with E-state index in [0.717, 1.165) is 0 Å². The molecule has 1 unspecified atom stereocenters. The number of rotatable bonds is 4. The van der Waals surface area contributed by atoms with E-state index in [4.69, 9.17) is 10.8 Å². The zero-order valence-corrected chi connectivity index (χ0v) is 9.30. The average Bonchev–Trinajstić information content (AvgIpc) is 2.29. The first-order valence-corrected chi connectivity index (χ1v) is 4.97. The summed E-state index contributed by atoms with van der Waals surface area (Å²) >= 11 is 0. The van der Waals surface area contributed by atoms with E-state index in [1.165, 1.54) is 6.07 Å². The number of aliphatic hydroxyl groups excluding tert-OH is 1. The van der Waals surface area contributed by atoms with Crippen molar-refractivity contribution in [3.05, 3.63) is 29.3 Å². The van der Waals surface area contributed by atoms with E-state index < -0.39 is 17.9 Å². The predicted octanol–water partition coefficient (Wildman–Crippen LogP) is -0.723. The summed E-state index contributed by atoms with van der Waals surface area (Å²) in [5, 5.41) is 21.0. The van der Waals surface area contributed by atoms with Crippen molar-refractivity contribution in [2.45, 2.75) is 13.0 Å². The Morgan fingerprint density at radius 3 is 2.71 bits per heavy atom. The molecule has 0 aliphatic heterocycles. The molecule has 92 valence electrons. The van der Waals surface area contributed by atoms with Crippen molar-refractivity contribution in [2.75, 3.05) is 6.54 Å². The minimum atomic E-state index is -1.44. The van der Waals surface area contributed by atoms with Gasteiger partial charge in [-0.05, 0) is 18.6 Å². The first kappa shape index (κ1) is 13.0. The van der Waals surface area contributed by atoms with Crippen LogP contribution in [0.2, 0.25) is 0 Å². The van der Waals surface area contributed by atoms with Gasteiger partial charge >= 0.3 is 0 Å². The number of aryl methyl sites for hydroxylation is 1. The standard InChI is InChI=1S/C11H14N2O4/c1-6-3-2-4-7(9(6)15)11(17)13-5-8(14)10(12)16/h2-4,8,14-15H,5H2,1H3,(H2,12,16)(H,13,17). The van der Waals surface area contributed by atoms with E-state index in [9.17, 15) is 14.7 Å². The number of carbonyl (C=O) groups excluding carboxylic acids is 2. The van der Waals surface area contributed by atoms with Gasteiger partial charge < -0.3 is 21.3 Å². The summed E-state index contributed by atoms with van der Waals surface area (Å²) in [7, 11) is 0. The Balaban J connectivity index is 2.71. The van der Waals surface area contributed by atoms with Gasteiger partial charge in [0.1, 0.15) is 11.9 Å². The van der Waals surface area contributed by atoms with Crippen LogP contribution in [0.25, 0.3) is 0 Å². The van der Waals surface area contributed by atoms with Gasteiger partial charge in [0.05, 0.1) is 12.1 Å². The normalized spacial score (nSPS) is 11.9. The molecule has 1 aromatic rings. The molecule has 0 spiro atoms. The van der Waals surface area contributed by atoms with Crippen LogP contribution in [-0.4, -0.2) is 34.7 Å². The number of benzene rings is 1. The molecule has 0 aliphatic rings. The summed E-state index contributed by atoms with van der Waals surface area (Å²) in [5.74, 6) is -1.62. The van der Waals surface area contributed by atoms with Gasteiger partial charge in [0.25, 0.3) is 5.91 Å². The highest BCUT2D eigenvalue weighted by molar-refractivity contribution is 5.97. The van der Waals surface area contributed by atoms with E-state index >= 15 is 0 Å². The van der Waals surface area contributed by atoms with Crippen molar-refractivity contribution in [2.24, 2.45) is 5.73 Å². The second kappa shape index (κ2) is 5.31. The molecule has 0 saturated carbocycles. The SMILES string of the molecule is Cc1cccc(C(=O)NCC(O)C(N)=O)c1O. The van der Waals surface area contributed by atoms with Crippen molar-refractivity contribution in [3.8, 4) is 5.75 Å². The number of aliphatic hydroxyl groups is 1. The number of aromatic hydroxyl groups is 1. The van der Waals surface area contributed by atoms with Crippen LogP contribution < -0.4 is 11.1 Å². The Bertz CT molecular complexity index is 445. The van der Waals surface area contributed by atoms with Crippen LogP contribution in [0.15, 0.2) is 18.2 Å². The lowest BCUT2D eigenvalue weighted by molar-refractivity contribution is -0.125. The molecule has 0 fully saturated rings. The molecular formula is C11H14N2O4. The number of hydrogen-bond acceptors (Lipinski definition) is 4. The lowest BCUT2D eigenvalue weighted by Crippen LogP contribution is -2.40. The Labute approximate surface area is 98.1 Å². The zero-order chi connectivity index (χ0) is 13.0. The summed E-state index contributed by atoms with van der Waals surface area (Å²) in [6, 6.07) is 4.72. The van der Waals surface area contributed by atoms with Crippen LogP contribution in [0.1, 0.15) is 15.9 Å². The summed E-state index contributed by atoms with van der Waals surface area (Å²) in [6.45, 7) is 1.37. The molecule has 0 aliphatic carbocycles. The number of phenolic OH excluding ortho intramolecular Hbond substituents is 1. The average molecular weight is 238 g/mol. The van der Waals surface area contributed by atoms with Gasteiger partial charge in [0, 0.05) is 0 Å². The lowest BCUT2D eigenvalue weighted by atomic mass is 10.1. The number of primary amides is 1. The minimum Gasteiger partial charge on any atom is -0.507 e. The van der Waals surface area contributed by atoms with Crippen molar-refractivity contribution in [3.63, 3.8) is 0 Å². The van der Waals surface area contributed by atoms with Crippen molar-refractivity contribution in [1.82, 2.24) is 5.32 Å². The Hall–Kier alpha value is -2.08. The van der Waals surface area contributed by atoms with Gasteiger partial charge in [0.2, 0.25) is 5.91 Å². The van der Waals surface area contributed by atoms with Crippen molar-refractivity contribution < 1.29 is 19.8 Å². The second-order valence-corrected chi connectivity index (χ2v) is 3.60. The number of carbonyl (C=O) groups is 2. The van der Waals surface area contributed by atoms with Gasteiger partial charge in [-0.25, -0.2) is 0 Å².